The Hall–Kier alpha value is -0.450. The van der Waals surface area contributed by atoms with Gasteiger partial charge in [-0.05, 0) is 26.3 Å². The normalized spacial score (nSPS) is 10.9. The molecule has 1 aromatic rings. The van der Waals surface area contributed by atoms with E-state index in [-0.39, 0.29) is 0 Å². The van der Waals surface area contributed by atoms with E-state index < -0.39 is 0 Å². The molecule has 1 rings (SSSR count). The molecule has 0 spiro atoms. The fourth-order valence-electron chi connectivity index (χ4n) is 1.51. The van der Waals surface area contributed by atoms with Crippen molar-refractivity contribution in [3.8, 4) is 0 Å². The minimum Gasteiger partial charge on any atom is -0.385 e. The monoisotopic (exact) mass is 242 g/mol. The molecular weight excluding hydrogens is 220 g/mol. The first-order valence-electron chi connectivity index (χ1n) is 5.92. The summed E-state index contributed by atoms with van der Waals surface area (Å²) in [6.45, 7) is 7.14. The van der Waals surface area contributed by atoms with Crippen LogP contribution in [0, 0.1) is 6.92 Å². The van der Waals surface area contributed by atoms with E-state index in [0.29, 0.717) is 0 Å². The minimum atomic E-state index is 0.821. The van der Waals surface area contributed by atoms with Gasteiger partial charge in [-0.15, -0.1) is 11.3 Å². The second-order valence-electron chi connectivity index (χ2n) is 3.89. The lowest BCUT2D eigenvalue weighted by atomic mass is 10.3. The number of ether oxygens (including phenoxy) is 1. The van der Waals surface area contributed by atoms with Crippen molar-refractivity contribution in [2.24, 2.45) is 0 Å². The van der Waals surface area contributed by atoms with E-state index in [1.54, 1.807) is 7.11 Å². The molecule has 0 amide bonds. The average Bonchev–Trinajstić information content (AvgIpc) is 2.61. The van der Waals surface area contributed by atoms with Gasteiger partial charge in [0, 0.05) is 31.6 Å². The van der Waals surface area contributed by atoms with Crippen LogP contribution in [0.4, 0.5) is 0 Å². The highest BCUT2D eigenvalue weighted by atomic mass is 32.1. The van der Waals surface area contributed by atoms with Crippen LogP contribution in [0.25, 0.3) is 0 Å². The summed E-state index contributed by atoms with van der Waals surface area (Å²) in [6, 6.07) is 0. The van der Waals surface area contributed by atoms with E-state index in [1.807, 2.05) is 11.3 Å². The molecule has 0 atom stereocenters. The fraction of sp³-hybridized carbons (Fsp3) is 0.750. The van der Waals surface area contributed by atoms with Crippen LogP contribution in [0.3, 0.4) is 0 Å². The second-order valence-corrected chi connectivity index (χ2v) is 5.06. The highest BCUT2D eigenvalue weighted by molar-refractivity contribution is 7.11. The van der Waals surface area contributed by atoms with Gasteiger partial charge in [-0.25, -0.2) is 4.98 Å². The third-order valence-electron chi connectivity index (χ3n) is 2.39. The SMILES string of the molecule is CCCNCc1sc(CCCOC)nc1C. The number of nitrogens with one attached hydrogen (secondary N) is 1. The van der Waals surface area contributed by atoms with Crippen molar-refractivity contribution in [3.63, 3.8) is 0 Å². The molecule has 3 nitrogen and oxygen atoms in total. The van der Waals surface area contributed by atoms with E-state index in [9.17, 15) is 0 Å². The molecule has 1 aromatic heterocycles. The molecule has 0 aliphatic heterocycles. The maximum Gasteiger partial charge on any atom is 0.0932 e. The minimum absolute atomic E-state index is 0.821. The van der Waals surface area contributed by atoms with E-state index in [2.05, 4.69) is 24.1 Å². The van der Waals surface area contributed by atoms with Crippen molar-refractivity contribution in [1.82, 2.24) is 10.3 Å². The number of hydrogen-bond donors (Lipinski definition) is 1. The summed E-state index contributed by atoms with van der Waals surface area (Å²) in [5, 5.41) is 4.66. The number of aryl methyl sites for hydroxylation is 2. The fourth-order valence-corrected chi connectivity index (χ4v) is 2.59. The highest BCUT2D eigenvalue weighted by Crippen LogP contribution is 2.19. The van der Waals surface area contributed by atoms with Gasteiger partial charge < -0.3 is 10.1 Å². The van der Waals surface area contributed by atoms with Crippen LogP contribution in [-0.2, 0) is 17.7 Å². The molecule has 0 aliphatic carbocycles. The lowest BCUT2D eigenvalue weighted by molar-refractivity contribution is 0.195. The summed E-state index contributed by atoms with van der Waals surface area (Å²) in [7, 11) is 1.74. The molecule has 16 heavy (non-hydrogen) atoms. The summed E-state index contributed by atoms with van der Waals surface area (Å²) < 4.78 is 5.04. The van der Waals surface area contributed by atoms with Crippen LogP contribution in [0.1, 0.15) is 35.3 Å². The Morgan fingerprint density at radius 2 is 2.25 bits per heavy atom. The molecule has 0 saturated heterocycles. The molecular formula is C12H22N2OS. The molecule has 0 fully saturated rings. The number of hydrogen-bond acceptors (Lipinski definition) is 4. The van der Waals surface area contributed by atoms with Crippen LogP contribution in [-0.4, -0.2) is 25.2 Å². The third-order valence-corrected chi connectivity index (χ3v) is 3.61. The predicted octanol–water partition coefficient (Wildman–Crippen LogP) is 2.53. The Labute approximate surface area is 102 Å². The van der Waals surface area contributed by atoms with Crippen molar-refractivity contribution in [2.45, 2.75) is 39.7 Å². The molecule has 0 aromatic carbocycles. The third kappa shape index (κ3) is 4.60. The number of methoxy groups -OCH3 is 1. The van der Waals surface area contributed by atoms with E-state index in [0.717, 1.165) is 32.5 Å². The summed E-state index contributed by atoms with van der Waals surface area (Å²) in [6.07, 6.45) is 3.27. The van der Waals surface area contributed by atoms with Gasteiger partial charge in [-0.3, -0.25) is 0 Å². The lowest BCUT2D eigenvalue weighted by Crippen LogP contribution is -2.13. The lowest BCUT2D eigenvalue weighted by Gasteiger charge is -1.99. The molecule has 1 N–H and O–H groups in total. The van der Waals surface area contributed by atoms with Gasteiger partial charge in [0.1, 0.15) is 0 Å². The number of aromatic nitrogens is 1. The Balaban J connectivity index is 2.39. The molecule has 0 radical (unpaired) electrons. The van der Waals surface area contributed by atoms with Crippen LogP contribution in [0.15, 0.2) is 0 Å². The summed E-state index contributed by atoms with van der Waals surface area (Å²) in [5.74, 6) is 0. The first kappa shape index (κ1) is 13.6. The number of thiazole rings is 1. The molecule has 0 aliphatic rings. The Morgan fingerprint density at radius 3 is 2.94 bits per heavy atom. The first-order valence-corrected chi connectivity index (χ1v) is 6.74. The Kier molecular flexibility index (Phi) is 6.61. The van der Waals surface area contributed by atoms with Gasteiger partial charge in [0.05, 0.1) is 10.7 Å². The summed E-state index contributed by atoms with van der Waals surface area (Å²) in [4.78, 5) is 5.96. The predicted molar refractivity (Wildman–Crippen MR) is 69.0 cm³/mol. The molecule has 4 heteroatoms. The summed E-state index contributed by atoms with van der Waals surface area (Å²) in [5.41, 5.74) is 1.18. The van der Waals surface area contributed by atoms with Gasteiger partial charge in [0.2, 0.25) is 0 Å². The smallest absolute Gasteiger partial charge is 0.0932 e. The molecule has 0 saturated carbocycles. The van der Waals surface area contributed by atoms with Crippen molar-refractivity contribution < 1.29 is 4.74 Å². The number of rotatable bonds is 8. The van der Waals surface area contributed by atoms with Crippen LogP contribution in [0.5, 0.6) is 0 Å². The first-order chi connectivity index (χ1) is 7.77. The standard InChI is InChI=1S/C12H22N2OS/c1-4-7-13-9-11-10(2)14-12(16-11)6-5-8-15-3/h13H,4-9H2,1-3H3. The summed E-state index contributed by atoms with van der Waals surface area (Å²) >= 11 is 1.83. The maximum atomic E-state index is 5.04. The molecule has 1 heterocycles. The van der Waals surface area contributed by atoms with Gasteiger partial charge in [-0.1, -0.05) is 6.92 Å². The zero-order valence-electron chi connectivity index (χ0n) is 10.5. The average molecular weight is 242 g/mol. The largest absolute Gasteiger partial charge is 0.385 e. The van der Waals surface area contributed by atoms with Crippen molar-refractivity contribution in [1.29, 1.82) is 0 Å². The van der Waals surface area contributed by atoms with E-state index in [1.165, 1.54) is 22.0 Å². The quantitative estimate of drug-likeness (QED) is 0.711. The maximum absolute atomic E-state index is 5.04. The van der Waals surface area contributed by atoms with E-state index >= 15 is 0 Å². The van der Waals surface area contributed by atoms with Gasteiger partial charge in [0.25, 0.3) is 0 Å². The van der Waals surface area contributed by atoms with Crippen molar-refractivity contribution in [3.05, 3.63) is 15.6 Å². The van der Waals surface area contributed by atoms with Crippen LogP contribution < -0.4 is 5.32 Å². The topological polar surface area (TPSA) is 34.1 Å². The van der Waals surface area contributed by atoms with Gasteiger partial charge in [-0.2, -0.15) is 0 Å². The van der Waals surface area contributed by atoms with Crippen LogP contribution in [0.2, 0.25) is 0 Å². The molecule has 92 valence electrons. The zero-order valence-corrected chi connectivity index (χ0v) is 11.3. The van der Waals surface area contributed by atoms with Crippen LogP contribution >= 0.6 is 11.3 Å². The van der Waals surface area contributed by atoms with E-state index in [4.69, 9.17) is 4.74 Å². The highest BCUT2D eigenvalue weighted by Gasteiger charge is 2.06. The Morgan fingerprint density at radius 1 is 1.44 bits per heavy atom. The Bertz CT molecular complexity index is 299. The molecule has 0 bridgehead atoms. The second kappa shape index (κ2) is 7.76. The van der Waals surface area contributed by atoms with Gasteiger partial charge >= 0.3 is 0 Å². The van der Waals surface area contributed by atoms with Crippen molar-refractivity contribution >= 4 is 11.3 Å². The molecule has 0 unspecified atom stereocenters. The van der Waals surface area contributed by atoms with Crippen molar-refractivity contribution in [2.75, 3.05) is 20.3 Å². The number of nitrogens with zero attached hydrogens (tertiary/aromatic N) is 1. The zero-order chi connectivity index (χ0) is 11.8. The van der Waals surface area contributed by atoms with Gasteiger partial charge in [0.15, 0.2) is 0 Å².